The Morgan fingerprint density at radius 1 is 1.19 bits per heavy atom. The number of hydrogen-bond acceptors (Lipinski definition) is 3. The number of rotatable bonds is 3. The van der Waals surface area contributed by atoms with E-state index in [1.807, 2.05) is 12.1 Å². The zero-order chi connectivity index (χ0) is 18.9. The summed E-state index contributed by atoms with van der Waals surface area (Å²) < 4.78 is 15.7. The molecule has 2 aromatic carbocycles. The molecular formula is C19H18ClFN4S. The van der Waals surface area contributed by atoms with Crippen molar-refractivity contribution in [3.05, 3.63) is 69.2 Å². The molecule has 0 saturated carbocycles. The van der Waals surface area contributed by atoms with Crippen LogP contribution in [-0.2, 0) is 5.41 Å². The maximum atomic E-state index is 13.9. The third kappa shape index (κ3) is 3.76. The summed E-state index contributed by atoms with van der Waals surface area (Å²) >= 11 is 11.3. The normalized spacial score (nSPS) is 12.0. The van der Waals surface area contributed by atoms with E-state index in [0.29, 0.717) is 10.6 Å². The quantitative estimate of drug-likeness (QED) is 0.470. The molecule has 1 N–H and O–H groups in total. The first-order valence-electron chi connectivity index (χ1n) is 8.04. The van der Waals surface area contributed by atoms with Crippen LogP contribution in [0.15, 0.2) is 47.6 Å². The maximum Gasteiger partial charge on any atom is 0.216 e. The SMILES string of the molecule is CC(C)(C)c1ccc(-c2n[nH]c(=S)n2N=Cc2c(F)cccc2Cl)cc1. The molecule has 7 heteroatoms. The van der Waals surface area contributed by atoms with Crippen molar-refractivity contribution >= 4 is 30.0 Å². The third-order valence-corrected chi connectivity index (χ3v) is 4.56. The summed E-state index contributed by atoms with van der Waals surface area (Å²) in [7, 11) is 0. The van der Waals surface area contributed by atoms with E-state index in [1.165, 1.54) is 22.5 Å². The molecule has 0 radical (unpaired) electrons. The average Bonchev–Trinajstić information content (AvgIpc) is 2.95. The summed E-state index contributed by atoms with van der Waals surface area (Å²) in [5.41, 5.74) is 2.32. The van der Waals surface area contributed by atoms with Gasteiger partial charge >= 0.3 is 0 Å². The number of nitrogens with one attached hydrogen (secondary N) is 1. The van der Waals surface area contributed by atoms with E-state index in [4.69, 9.17) is 23.8 Å². The van der Waals surface area contributed by atoms with Gasteiger partial charge in [0, 0.05) is 11.1 Å². The van der Waals surface area contributed by atoms with Crippen molar-refractivity contribution in [2.24, 2.45) is 5.10 Å². The summed E-state index contributed by atoms with van der Waals surface area (Å²) in [6.07, 6.45) is 1.34. The van der Waals surface area contributed by atoms with Crippen molar-refractivity contribution in [1.29, 1.82) is 0 Å². The summed E-state index contributed by atoms with van der Waals surface area (Å²) in [6, 6.07) is 12.5. The molecule has 0 fully saturated rings. The molecule has 4 nitrogen and oxygen atoms in total. The van der Waals surface area contributed by atoms with Crippen LogP contribution >= 0.6 is 23.8 Å². The smallest absolute Gasteiger partial charge is 0.216 e. The van der Waals surface area contributed by atoms with E-state index >= 15 is 0 Å². The predicted octanol–water partition coefficient (Wildman–Crippen LogP) is 5.58. The Labute approximate surface area is 161 Å². The van der Waals surface area contributed by atoms with Crippen LogP contribution in [0.25, 0.3) is 11.4 Å². The Bertz CT molecular complexity index is 993. The molecule has 1 aromatic heterocycles. The molecule has 1 heterocycles. The molecule has 0 atom stereocenters. The fourth-order valence-corrected chi connectivity index (χ4v) is 2.85. The largest absolute Gasteiger partial charge is 0.250 e. The molecule has 134 valence electrons. The topological polar surface area (TPSA) is 46.0 Å². The lowest BCUT2D eigenvalue weighted by Gasteiger charge is -2.18. The van der Waals surface area contributed by atoms with Gasteiger partial charge in [0.1, 0.15) is 5.82 Å². The van der Waals surface area contributed by atoms with Crippen LogP contribution in [0.4, 0.5) is 4.39 Å². The van der Waals surface area contributed by atoms with Gasteiger partial charge < -0.3 is 0 Å². The maximum absolute atomic E-state index is 13.9. The summed E-state index contributed by atoms with van der Waals surface area (Å²) in [5.74, 6) is 0.0894. The van der Waals surface area contributed by atoms with Crippen molar-refractivity contribution in [2.45, 2.75) is 26.2 Å². The van der Waals surface area contributed by atoms with Crippen molar-refractivity contribution in [1.82, 2.24) is 14.9 Å². The minimum Gasteiger partial charge on any atom is -0.250 e. The number of aromatic amines is 1. The number of H-pyrrole nitrogens is 1. The minimum atomic E-state index is -0.452. The van der Waals surface area contributed by atoms with Gasteiger partial charge in [-0.15, -0.1) is 0 Å². The Kier molecular flexibility index (Phi) is 5.07. The molecule has 3 aromatic rings. The summed E-state index contributed by atoms with van der Waals surface area (Å²) in [4.78, 5) is 0. The number of halogens is 2. The molecule has 0 amide bonds. The van der Waals surface area contributed by atoms with E-state index < -0.39 is 5.82 Å². The number of aromatic nitrogens is 3. The average molecular weight is 389 g/mol. The van der Waals surface area contributed by atoms with Crippen LogP contribution in [-0.4, -0.2) is 21.1 Å². The van der Waals surface area contributed by atoms with Crippen LogP contribution in [0.3, 0.4) is 0 Å². The monoisotopic (exact) mass is 388 g/mol. The van der Waals surface area contributed by atoms with Crippen molar-refractivity contribution in [2.75, 3.05) is 0 Å². The molecule has 0 aliphatic heterocycles. The fraction of sp³-hybridized carbons (Fsp3) is 0.211. The highest BCUT2D eigenvalue weighted by Crippen LogP contribution is 2.25. The highest BCUT2D eigenvalue weighted by Gasteiger charge is 2.15. The minimum absolute atomic E-state index is 0.0585. The summed E-state index contributed by atoms with van der Waals surface area (Å²) in [5, 5.41) is 11.5. The van der Waals surface area contributed by atoms with Crippen molar-refractivity contribution in [3.63, 3.8) is 0 Å². The zero-order valence-electron chi connectivity index (χ0n) is 14.6. The molecule has 0 aliphatic rings. The van der Waals surface area contributed by atoms with E-state index in [0.717, 1.165) is 5.56 Å². The summed E-state index contributed by atoms with van der Waals surface area (Å²) in [6.45, 7) is 6.46. The lowest BCUT2D eigenvalue weighted by atomic mass is 9.87. The van der Waals surface area contributed by atoms with E-state index in [1.54, 1.807) is 12.1 Å². The molecule has 0 saturated heterocycles. The fourth-order valence-electron chi connectivity index (χ4n) is 2.45. The Morgan fingerprint density at radius 2 is 1.88 bits per heavy atom. The van der Waals surface area contributed by atoms with Gasteiger partial charge in [0.25, 0.3) is 0 Å². The van der Waals surface area contributed by atoms with Gasteiger partial charge in [-0.05, 0) is 35.3 Å². The Balaban J connectivity index is 2.00. The first-order valence-corrected chi connectivity index (χ1v) is 8.82. The molecule has 0 aliphatic carbocycles. The number of benzene rings is 2. The third-order valence-electron chi connectivity index (χ3n) is 3.96. The molecule has 0 spiro atoms. The van der Waals surface area contributed by atoms with Gasteiger partial charge in [-0.3, -0.25) is 0 Å². The van der Waals surface area contributed by atoms with Gasteiger partial charge in [-0.2, -0.15) is 14.9 Å². The van der Waals surface area contributed by atoms with Gasteiger partial charge in [-0.25, -0.2) is 9.49 Å². The number of hydrogen-bond donors (Lipinski definition) is 1. The number of nitrogens with zero attached hydrogens (tertiary/aromatic N) is 3. The van der Waals surface area contributed by atoms with Crippen LogP contribution < -0.4 is 0 Å². The lowest BCUT2D eigenvalue weighted by Crippen LogP contribution is -2.10. The standard InChI is InChI=1S/C19H18ClFN4S/c1-19(2,3)13-9-7-12(8-10-13)17-23-24-18(26)25(17)22-11-14-15(20)5-4-6-16(14)21/h4-11H,1-3H3,(H,24,26). The zero-order valence-corrected chi connectivity index (χ0v) is 16.2. The van der Waals surface area contributed by atoms with Gasteiger partial charge in [0.05, 0.1) is 11.2 Å². The van der Waals surface area contributed by atoms with Gasteiger partial charge in [0.15, 0.2) is 5.82 Å². The molecule has 0 unspecified atom stereocenters. The lowest BCUT2D eigenvalue weighted by molar-refractivity contribution is 0.590. The van der Waals surface area contributed by atoms with E-state index in [9.17, 15) is 4.39 Å². The van der Waals surface area contributed by atoms with Gasteiger partial charge in [0.2, 0.25) is 4.77 Å². The molecule has 0 bridgehead atoms. The van der Waals surface area contributed by atoms with Crippen LogP contribution in [0.2, 0.25) is 5.02 Å². The second-order valence-corrected chi connectivity index (χ2v) is 7.67. The molecule has 26 heavy (non-hydrogen) atoms. The van der Waals surface area contributed by atoms with Crippen LogP contribution in [0.5, 0.6) is 0 Å². The second kappa shape index (κ2) is 7.13. The van der Waals surface area contributed by atoms with Gasteiger partial charge in [-0.1, -0.05) is 62.7 Å². The molecule has 3 rings (SSSR count). The first kappa shape index (κ1) is 18.5. The highest BCUT2D eigenvalue weighted by molar-refractivity contribution is 7.71. The predicted molar refractivity (Wildman–Crippen MR) is 106 cm³/mol. The van der Waals surface area contributed by atoms with Crippen LogP contribution in [0, 0.1) is 10.6 Å². The van der Waals surface area contributed by atoms with Crippen molar-refractivity contribution < 1.29 is 4.39 Å². The second-order valence-electron chi connectivity index (χ2n) is 6.87. The van der Waals surface area contributed by atoms with Crippen LogP contribution in [0.1, 0.15) is 31.9 Å². The van der Waals surface area contributed by atoms with Crippen molar-refractivity contribution in [3.8, 4) is 11.4 Å². The first-order chi connectivity index (χ1) is 12.3. The molecular weight excluding hydrogens is 371 g/mol. The Morgan fingerprint density at radius 3 is 2.50 bits per heavy atom. The van der Waals surface area contributed by atoms with E-state index in [-0.39, 0.29) is 16.0 Å². The highest BCUT2D eigenvalue weighted by atomic mass is 35.5. The van der Waals surface area contributed by atoms with E-state index in [2.05, 4.69) is 48.2 Å². The Hall–Kier alpha value is -2.31.